The van der Waals surface area contributed by atoms with Gasteiger partial charge in [-0.15, -0.1) is 0 Å². The molecule has 0 atom stereocenters. The van der Waals surface area contributed by atoms with Crippen molar-refractivity contribution >= 4 is 54.1 Å². The molecule has 0 bridgehead atoms. The zero-order valence-electron chi connectivity index (χ0n) is 36.4. The Kier molecular flexibility index (Phi) is 9.14. The predicted molar refractivity (Wildman–Crippen MR) is 279 cm³/mol. The number of rotatable bonds is 7. The van der Waals surface area contributed by atoms with E-state index >= 15 is 0 Å². The average Bonchev–Trinajstić information content (AvgIpc) is 3.75. The van der Waals surface area contributed by atoms with Gasteiger partial charge < -0.3 is 0 Å². The van der Waals surface area contributed by atoms with Gasteiger partial charge in [0, 0.05) is 21.9 Å². The van der Waals surface area contributed by atoms with Gasteiger partial charge in [-0.25, -0.2) is 4.98 Å². The Morgan fingerprint density at radius 1 is 0.209 bits per heavy atom. The Morgan fingerprint density at radius 3 is 1.15 bits per heavy atom. The van der Waals surface area contributed by atoms with Gasteiger partial charge in [0.1, 0.15) is 0 Å². The molecule has 0 unspecified atom stereocenters. The lowest BCUT2D eigenvalue weighted by Gasteiger charge is -2.13. The summed E-state index contributed by atoms with van der Waals surface area (Å²) in [6.45, 7) is 0. The molecule has 0 amide bonds. The number of nitrogens with zero attached hydrogens (tertiary/aromatic N) is 4. The molecule has 0 saturated heterocycles. The highest BCUT2D eigenvalue weighted by molar-refractivity contribution is 6.25. The molecule has 4 heteroatoms. The minimum Gasteiger partial charge on any atom is -0.278 e. The van der Waals surface area contributed by atoms with Crippen molar-refractivity contribution in [3.8, 4) is 73.2 Å². The SMILES string of the molecule is c1ccc(-c2ccc(-c3nc(-c4ccccc4)nc(-n4c5ccccc5c5ccc(-c6cccc(-c7cccc(-c8ccc9c%10ccccc%10c%10ccccc%10c9c8)c7)c6)cc54)n3)cc2)cc1. The maximum atomic E-state index is 5.25. The molecular weight excluding hydrogens is 813 g/mol. The van der Waals surface area contributed by atoms with Crippen LogP contribution in [0.25, 0.3) is 127 Å². The third-order valence-corrected chi connectivity index (χ3v) is 13.2. The molecular formula is C63H40N4. The normalized spacial score (nSPS) is 11.6. The molecule has 0 aliphatic carbocycles. The third kappa shape index (κ3) is 6.74. The van der Waals surface area contributed by atoms with E-state index in [0.29, 0.717) is 17.6 Å². The number of para-hydroxylation sites is 1. The maximum Gasteiger partial charge on any atom is 0.238 e. The zero-order chi connectivity index (χ0) is 44.3. The van der Waals surface area contributed by atoms with Crippen molar-refractivity contribution in [2.75, 3.05) is 0 Å². The predicted octanol–water partition coefficient (Wildman–Crippen LogP) is 16.4. The van der Waals surface area contributed by atoms with Crippen LogP contribution in [0.15, 0.2) is 243 Å². The minimum absolute atomic E-state index is 0.569. The van der Waals surface area contributed by atoms with Gasteiger partial charge in [0.2, 0.25) is 5.95 Å². The molecule has 11 aromatic carbocycles. The molecule has 2 heterocycles. The summed E-state index contributed by atoms with van der Waals surface area (Å²) in [5.41, 5.74) is 13.2. The van der Waals surface area contributed by atoms with Gasteiger partial charge in [-0.05, 0) is 107 Å². The van der Waals surface area contributed by atoms with Crippen LogP contribution in [-0.2, 0) is 0 Å². The standard InChI is InChI=1S/C63H40N4/c1-3-15-41(16-4-1)42-29-31-44(32-30-42)62-64-61(43-17-5-2-6-18-43)65-63(66-62)67-59-28-12-11-27-56(59)57-36-34-50(40-60(57)67)48-22-14-20-46(38-48)45-19-13-21-47(37-45)49-33-35-55-53-25-8-7-23-51(53)52-24-9-10-26-54(52)58(55)39-49/h1-40H. The van der Waals surface area contributed by atoms with Crippen LogP contribution in [0.4, 0.5) is 0 Å². The van der Waals surface area contributed by atoms with Crippen molar-refractivity contribution in [1.29, 1.82) is 0 Å². The Balaban J connectivity index is 0.910. The summed E-state index contributed by atoms with van der Waals surface area (Å²) in [5.74, 6) is 1.81. The van der Waals surface area contributed by atoms with Crippen LogP contribution in [0, 0.1) is 0 Å². The first kappa shape index (κ1) is 38.5. The van der Waals surface area contributed by atoms with Crippen molar-refractivity contribution < 1.29 is 0 Å². The second-order valence-electron chi connectivity index (χ2n) is 17.2. The molecule has 67 heavy (non-hydrogen) atoms. The summed E-state index contributed by atoms with van der Waals surface area (Å²) >= 11 is 0. The lowest BCUT2D eigenvalue weighted by atomic mass is 9.91. The zero-order valence-corrected chi connectivity index (χ0v) is 36.4. The maximum absolute atomic E-state index is 5.25. The summed E-state index contributed by atoms with van der Waals surface area (Å²) in [6.07, 6.45) is 0. The molecule has 0 aliphatic heterocycles. The summed E-state index contributed by atoms with van der Waals surface area (Å²) in [6, 6.07) is 86.7. The van der Waals surface area contributed by atoms with Crippen molar-refractivity contribution in [2.45, 2.75) is 0 Å². The molecule has 13 rings (SSSR count). The van der Waals surface area contributed by atoms with Crippen molar-refractivity contribution in [3.05, 3.63) is 243 Å². The van der Waals surface area contributed by atoms with Gasteiger partial charge in [0.05, 0.1) is 11.0 Å². The van der Waals surface area contributed by atoms with Gasteiger partial charge >= 0.3 is 0 Å². The van der Waals surface area contributed by atoms with E-state index in [-0.39, 0.29) is 0 Å². The highest BCUT2D eigenvalue weighted by atomic mass is 15.2. The summed E-state index contributed by atoms with van der Waals surface area (Å²) in [5, 5.41) is 9.96. The second-order valence-corrected chi connectivity index (χ2v) is 17.2. The fourth-order valence-electron chi connectivity index (χ4n) is 9.96. The fraction of sp³-hybridized carbons (Fsp3) is 0. The van der Waals surface area contributed by atoms with E-state index < -0.39 is 0 Å². The monoisotopic (exact) mass is 852 g/mol. The number of aromatic nitrogens is 4. The number of benzene rings is 11. The number of hydrogen-bond donors (Lipinski definition) is 0. The fourth-order valence-corrected chi connectivity index (χ4v) is 9.96. The lowest BCUT2D eigenvalue weighted by Crippen LogP contribution is -2.06. The van der Waals surface area contributed by atoms with Crippen LogP contribution in [0.3, 0.4) is 0 Å². The molecule has 0 spiro atoms. The first-order valence-electron chi connectivity index (χ1n) is 22.8. The first-order valence-corrected chi connectivity index (χ1v) is 22.8. The topological polar surface area (TPSA) is 43.6 Å². The van der Waals surface area contributed by atoms with Crippen LogP contribution in [-0.4, -0.2) is 19.5 Å². The Bertz CT molecular complexity index is 3990. The molecule has 312 valence electrons. The molecule has 0 saturated carbocycles. The van der Waals surface area contributed by atoms with E-state index in [4.69, 9.17) is 15.0 Å². The quantitative estimate of drug-likeness (QED) is 0.150. The first-order chi connectivity index (χ1) is 33.2. The van der Waals surface area contributed by atoms with Crippen LogP contribution >= 0.6 is 0 Å². The Hall–Kier alpha value is -8.99. The summed E-state index contributed by atoms with van der Waals surface area (Å²) in [4.78, 5) is 15.5. The van der Waals surface area contributed by atoms with Crippen LogP contribution in [0.1, 0.15) is 0 Å². The number of hydrogen-bond acceptors (Lipinski definition) is 3. The van der Waals surface area contributed by atoms with E-state index in [2.05, 4.69) is 223 Å². The second kappa shape index (κ2) is 15.9. The summed E-state index contributed by atoms with van der Waals surface area (Å²) in [7, 11) is 0. The van der Waals surface area contributed by atoms with E-state index in [1.165, 1.54) is 54.6 Å². The van der Waals surface area contributed by atoms with Gasteiger partial charge in [-0.3, -0.25) is 4.57 Å². The highest BCUT2D eigenvalue weighted by Crippen LogP contribution is 2.39. The summed E-state index contributed by atoms with van der Waals surface area (Å²) < 4.78 is 2.20. The minimum atomic E-state index is 0.569. The van der Waals surface area contributed by atoms with E-state index in [1.54, 1.807) is 0 Å². The van der Waals surface area contributed by atoms with Gasteiger partial charge in [0.15, 0.2) is 11.6 Å². The largest absolute Gasteiger partial charge is 0.278 e. The Labute approximate surface area is 387 Å². The van der Waals surface area contributed by atoms with Crippen LogP contribution < -0.4 is 0 Å². The van der Waals surface area contributed by atoms with Crippen molar-refractivity contribution in [1.82, 2.24) is 19.5 Å². The number of fused-ring (bicyclic) bond motifs is 9. The van der Waals surface area contributed by atoms with E-state index in [0.717, 1.165) is 55.2 Å². The Morgan fingerprint density at radius 2 is 0.567 bits per heavy atom. The average molecular weight is 853 g/mol. The molecule has 0 fully saturated rings. The van der Waals surface area contributed by atoms with Crippen molar-refractivity contribution in [3.63, 3.8) is 0 Å². The molecule has 0 radical (unpaired) electrons. The lowest BCUT2D eigenvalue weighted by molar-refractivity contribution is 0.953. The molecule has 0 aliphatic rings. The molecule has 4 nitrogen and oxygen atoms in total. The molecule has 0 N–H and O–H groups in total. The van der Waals surface area contributed by atoms with Crippen molar-refractivity contribution in [2.24, 2.45) is 0 Å². The smallest absolute Gasteiger partial charge is 0.238 e. The van der Waals surface area contributed by atoms with Gasteiger partial charge in [-0.1, -0.05) is 212 Å². The molecule has 2 aromatic heterocycles. The van der Waals surface area contributed by atoms with E-state index in [1.807, 2.05) is 24.3 Å². The van der Waals surface area contributed by atoms with Crippen LogP contribution in [0.5, 0.6) is 0 Å². The highest BCUT2D eigenvalue weighted by Gasteiger charge is 2.19. The van der Waals surface area contributed by atoms with Crippen LogP contribution in [0.2, 0.25) is 0 Å². The van der Waals surface area contributed by atoms with Gasteiger partial charge in [0.25, 0.3) is 0 Å². The van der Waals surface area contributed by atoms with E-state index in [9.17, 15) is 0 Å². The van der Waals surface area contributed by atoms with Gasteiger partial charge in [-0.2, -0.15) is 9.97 Å². The molecule has 13 aromatic rings. The third-order valence-electron chi connectivity index (χ3n) is 13.2.